The molecule has 2 aromatic heterocycles. The number of hydrogen-bond acceptors (Lipinski definition) is 3. The first-order valence-corrected chi connectivity index (χ1v) is 6.26. The lowest BCUT2D eigenvalue weighted by Crippen LogP contribution is -2.21. The fourth-order valence-electron chi connectivity index (χ4n) is 2.13. The Hall–Kier alpha value is -2.69. The first-order chi connectivity index (χ1) is 9.66. The van der Waals surface area contributed by atoms with Crippen molar-refractivity contribution in [2.45, 2.75) is 0 Å². The molecule has 5 nitrogen and oxygen atoms in total. The number of rotatable bonds is 2. The van der Waals surface area contributed by atoms with E-state index in [1.165, 1.54) is 0 Å². The van der Waals surface area contributed by atoms with Gasteiger partial charge in [-0.1, -0.05) is 12.1 Å². The van der Waals surface area contributed by atoms with Crippen LogP contribution >= 0.6 is 0 Å². The Balaban J connectivity index is 2.11. The molecule has 3 rings (SSSR count). The Morgan fingerprint density at radius 2 is 2.10 bits per heavy atom. The van der Waals surface area contributed by atoms with Crippen LogP contribution in [0.3, 0.4) is 0 Å². The molecule has 0 unspecified atom stereocenters. The van der Waals surface area contributed by atoms with Crippen molar-refractivity contribution in [3.8, 4) is 11.3 Å². The van der Waals surface area contributed by atoms with Crippen LogP contribution in [-0.4, -0.2) is 39.3 Å². The van der Waals surface area contributed by atoms with E-state index in [9.17, 15) is 4.79 Å². The standard InChI is InChI=1S/C15H14N4O/c1-18(2)15(20)12-5-3-4-11(8-12)13-9-17-14-10-16-6-7-19(13)14/h3-10H,1-2H3. The minimum absolute atomic E-state index is 0.0117. The van der Waals surface area contributed by atoms with E-state index in [2.05, 4.69) is 9.97 Å². The second-order valence-corrected chi connectivity index (χ2v) is 4.73. The van der Waals surface area contributed by atoms with Crippen LogP contribution in [0.25, 0.3) is 16.9 Å². The Bertz CT molecular complexity index is 776. The van der Waals surface area contributed by atoms with E-state index in [0.29, 0.717) is 5.56 Å². The van der Waals surface area contributed by atoms with Gasteiger partial charge >= 0.3 is 0 Å². The predicted octanol–water partition coefficient (Wildman–Crippen LogP) is 2.10. The van der Waals surface area contributed by atoms with Gasteiger partial charge in [0.1, 0.15) is 0 Å². The maximum absolute atomic E-state index is 12.0. The summed E-state index contributed by atoms with van der Waals surface area (Å²) in [6.45, 7) is 0. The molecule has 0 atom stereocenters. The minimum atomic E-state index is -0.0117. The van der Waals surface area contributed by atoms with Gasteiger partial charge in [-0.15, -0.1) is 0 Å². The summed E-state index contributed by atoms with van der Waals surface area (Å²) in [6.07, 6.45) is 7.07. The normalized spacial score (nSPS) is 10.7. The quantitative estimate of drug-likeness (QED) is 0.713. The van der Waals surface area contributed by atoms with Crippen LogP contribution in [0.5, 0.6) is 0 Å². The highest BCUT2D eigenvalue weighted by atomic mass is 16.2. The van der Waals surface area contributed by atoms with E-state index in [4.69, 9.17) is 0 Å². The zero-order valence-electron chi connectivity index (χ0n) is 11.3. The number of benzene rings is 1. The summed E-state index contributed by atoms with van der Waals surface area (Å²) in [6, 6.07) is 7.55. The number of hydrogen-bond donors (Lipinski definition) is 0. The van der Waals surface area contributed by atoms with E-state index in [1.54, 1.807) is 37.6 Å². The molecule has 0 radical (unpaired) electrons. The Morgan fingerprint density at radius 1 is 1.25 bits per heavy atom. The second kappa shape index (κ2) is 4.77. The summed E-state index contributed by atoms with van der Waals surface area (Å²) in [5.74, 6) is -0.0117. The first-order valence-electron chi connectivity index (χ1n) is 6.26. The van der Waals surface area contributed by atoms with Gasteiger partial charge in [0.2, 0.25) is 0 Å². The molecule has 0 aliphatic carbocycles. The number of imidazole rings is 1. The van der Waals surface area contributed by atoms with Gasteiger partial charge in [-0.2, -0.15) is 0 Å². The highest BCUT2D eigenvalue weighted by Crippen LogP contribution is 2.21. The van der Waals surface area contributed by atoms with Crippen LogP contribution in [-0.2, 0) is 0 Å². The van der Waals surface area contributed by atoms with Crippen molar-refractivity contribution >= 4 is 11.6 Å². The van der Waals surface area contributed by atoms with Crippen LogP contribution in [0.1, 0.15) is 10.4 Å². The van der Waals surface area contributed by atoms with Crippen LogP contribution < -0.4 is 0 Å². The lowest BCUT2D eigenvalue weighted by atomic mass is 10.1. The van der Waals surface area contributed by atoms with E-state index < -0.39 is 0 Å². The number of aromatic nitrogens is 3. The molecule has 100 valence electrons. The highest BCUT2D eigenvalue weighted by molar-refractivity contribution is 5.95. The molecule has 0 aliphatic heterocycles. The summed E-state index contributed by atoms with van der Waals surface area (Å²) < 4.78 is 1.95. The summed E-state index contributed by atoms with van der Waals surface area (Å²) in [5, 5.41) is 0. The Kier molecular flexibility index (Phi) is 2.95. The highest BCUT2D eigenvalue weighted by Gasteiger charge is 2.11. The minimum Gasteiger partial charge on any atom is -0.345 e. The molecule has 20 heavy (non-hydrogen) atoms. The molecule has 0 aliphatic rings. The summed E-state index contributed by atoms with van der Waals surface area (Å²) in [7, 11) is 3.49. The van der Waals surface area contributed by atoms with Gasteiger partial charge in [-0.25, -0.2) is 4.98 Å². The third kappa shape index (κ3) is 2.03. The van der Waals surface area contributed by atoms with Crippen molar-refractivity contribution in [3.05, 3.63) is 54.6 Å². The lowest BCUT2D eigenvalue weighted by Gasteiger charge is -2.11. The Morgan fingerprint density at radius 3 is 2.90 bits per heavy atom. The van der Waals surface area contributed by atoms with E-state index in [1.807, 2.05) is 34.9 Å². The molecule has 0 saturated heterocycles. The molecule has 5 heteroatoms. The molecule has 0 spiro atoms. The van der Waals surface area contributed by atoms with Crippen molar-refractivity contribution in [3.63, 3.8) is 0 Å². The van der Waals surface area contributed by atoms with Crippen LogP contribution in [0.2, 0.25) is 0 Å². The van der Waals surface area contributed by atoms with E-state index in [0.717, 1.165) is 16.9 Å². The van der Waals surface area contributed by atoms with E-state index >= 15 is 0 Å². The molecule has 0 saturated carbocycles. The molecule has 0 fully saturated rings. The van der Waals surface area contributed by atoms with Crippen LogP contribution in [0.15, 0.2) is 49.1 Å². The number of carbonyl (C=O) groups excluding carboxylic acids is 1. The average molecular weight is 266 g/mol. The van der Waals surface area contributed by atoms with Gasteiger partial charge in [-0.3, -0.25) is 14.2 Å². The van der Waals surface area contributed by atoms with Crippen LogP contribution in [0.4, 0.5) is 0 Å². The zero-order chi connectivity index (χ0) is 14.1. The second-order valence-electron chi connectivity index (χ2n) is 4.73. The van der Waals surface area contributed by atoms with Crippen molar-refractivity contribution < 1.29 is 4.79 Å². The number of amides is 1. The molecular weight excluding hydrogens is 252 g/mol. The van der Waals surface area contributed by atoms with Gasteiger partial charge in [0, 0.05) is 37.6 Å². The molecule has 1 amide bonds. The zero-order valence-corrected chi connectivity index (χ0v) is 11.3. The smallest absolute Gasteiger partial charge is 0.253 e. The van der Waals surface area contributed by atoms with E-state index in [-0.39, 0.29) is 5.91 Å². The Labute approximate surface area is 116 Å². The number of carbonyl (C=O) groups is 1. The topological polar surface area (TPSA) is 50.5 Å². The molecule has 3 aromatic rings. The molecule has 0 bridgehead atoms. The van der Waals surface area contributed by atoms with Crippen molar-refractivity contribution in [2.24, 2.45) is 0 Å². The third-order valence-corrected chi connectivity index (χ3v) is 3.13. The molecule has 0 N–H and O–H groups in total. The molecule has 2 heterocycles. The largest absolute Gasteiger partial charge is 0.345 e. The van der Waals surface area contributed by atoms with Crippen molar-refractivity contribution in [2.75, 3.05) is 14.1 Å². The fourth-order valence-corrected chi connectivity index (χ4v) is 2.13. The summed E-state index contributed by atoms with van der Waals surface area (Å²) in [4.78, 5) is 21.9. The third-order valence-electron chi connectivity index (χ3n) is 3.13. The van der Waals surface area contributed by atoms with Gasteiger partial charge in [0.25, 0.3) is 5.91 Å². The first kappa shape index (κ1) is 12.3. The van der Waals surface area contributed by atoms with Crippen molar-refractivity contribution in [1.82, 2.24) is 19.3 Å². The summed E-state index contributed by atoms with van der Waals surface area (Å²) in [5.41, 5.74) is 3.34. The van der Waals surface area contributed by atoms with Gasteiger partial charge < -0.3 is 4.90 Å². The van der Waals surface area contributed by atoms with Crippen molar-refractivity contribution in [1.29, 1.82) is 0 Å². The van der Waals surface area contributed by atoms with Gasteiger partial charge in [0.05, 0.1) is 18.1 Å². The van der Waals surface area contributed by atoms with Gasteiger partial charge in [0.15, 0.2) is 5.65 Å². The SMILES string of the molecule is CN(C)C(=O)c1cccc(-c2cnc3cnccn23)c1. The molecular formula is C15H14N4O. The fraction of sp³-hybridized carbons (Fsp3) is 0.133. The number of fused-ring (bicyclic) bond motifs is 1. The predicted molar refractivity (Wildman–Crippen MR) is 76.4 cm³/mol. The lowest BCUT2D eigenvalue weighted by molar-refractivity contribution is 0.0827. The average Bonchev–Trinajstić information content (AvgIpc) is 2.90. The molecule has 1 aromatic carbocycles. The maximum atomic E-state index is 12.0. The maximum Gasteiger partial charge on any atom is 0.253 e. The van der Waals surface area contributed by atoms with Gasteiger partial charge in [-0.05, 0) is 12.1 Å². The number of nitrogens with zero attached hydrogens (tertiary/aromatic N) is 4. The summed E-state index contributed by atoms with van der Waals surface area (Å²) >= 11 is 0. The van der Waals surface area contributed by atoms with Crippen LogP contribution in [0, 0.1) is 0 Å². The monoisotopic (exact) mass is 266 g/mol.